The largest absolute Gasteiger partial charge is 0.497 e. The molecule has 0 radical (unpaired) electrons. The quantitative estimate of drug-likeness (QED) is 0.848. The Kier molecular flexibility index (Phi) is 2.92. The highest BCUT2D eigenvalue weighted by Crippen LogP contribution is 2.25. The first-order valence-corrected chi connectivity index (χ1v) is 5.11. The van der Waals surface area contributed by atoms with Crippen molar-refractivity contribution in [2.75, 3.05) is 7.11 Å². The van der Waals surface area contributed by atoms with E-state index in [1.54, 1.807) is 13.3 Å². The molecule has 2 N–H and O–H groups in total. The van der Waals surface area contributed by atoms with E-state index in [2.05, 4.69) is 11.2 Å². The minimum absolute atomic E-state index is 0.502. The lowest BCUT2D eigenvalue weighted by Gasteiger charge is -2.08. The lowest BCUT2D eigenvalue weighted by Crippen LogP contribution is -1.99. The van der Waals surface area contributed by atoms with Gasteiger partial charge in [0, 0.05) is 25.4 Å². The Labute approximate surface area is 94.6 Å². The summed E-state index contributed by atoms with van der Waals surface area (Å²) >= 11 is 0. The molecule has 1 heterocycles. The van der Waals surface area contributed by atoms with Crippen molar-refractivity contribution in [3.8, 4) is 17.0 Å². The molecule has 0 spiro atoms. The van der Waals surface area contributed by atoms with E-state index in [-0.39, 0.29) is 0 Å². The van der Waals surface area contributed by atoms with E-state index in [1.807, 2.05) is 29.9 Å². The summed E-state index contributed by atoms with van der Waals surface area (Å²) in [5.74, 6) is 0.819. The summed E-state index contributed by atoms with van der Waals surface area (Å²) < 4.78 is 7.08. The Bertz CT molecular complexity index is 469. The first-order chi connectivity index (χ1) is 7.74. The van der Waals surface area contributed by atoms with Gasteiger partial charge in [0.05, 0.1) is 12.8 Å². The molecule has 1 aromatic carbocycles. The number of hydrogen-bond donors (Lipinski definition) is 1. The van der Waals surface area contributed by atoms with Crippen molar-refractivity contribution in [3.63, 3.8) is 0 Å². The van der Waals surface area contributed by atoms with Gasteiger partial charge in [-0.2, -0.15) is 5.10 Å². The molecule has 2 rings (SSSR count). The second-order valence-electron chi connectivity index (χ2n) is 3.61. The van der Waals surface area contributed by atoms with Crippen LogP contribution >= 0.6 is 0 Å². The molecule has 1 aromatic heterocycles. The maximum atomic E-state index is 5.66. The molecular formula is C12H15N3O. The maximum Gasteiger partial charge on any atom is 0.119 e. The molecular weight excluding hydrogens is 202 g/mol. The number of rotatable bonds is 3. The van der Waals surface area contributed by atoms with Crippen LogP contribution in [0.15, 0.2) is 30.5 Å². The maximum absolute atomic E-state index is 5.66. The number of hydrogen-bond acceptors (Lipinski definition) is 3. The molecule has 84 valence electrons. The van der Waals surface area contributed by atoms with Crippen LogP contribution in [0.3, 0.4) is 0 Å². The highest BCUT2D eigenvalue weighted by atomic mass is 16.5. The van der Waals surface area contributed by atoms with Crippen molar-refractivity contribution in [1.29, 1.82) is 0 Å². The van der Waals surface area contributed by atoms with Crippen LogP contribution in [-0.4, -0.2) is 16.9 Å². The van der Waals surface area contributed by atoms with E-state index in [9.17, 15) is 0 Å². The lowest BCUT2D eigenvalue weighted by atomic mass is 10.1. The van der Waals surface area contributed by atoms with Gasteiger partial charge in [0.15, 0.2) is 0 Å². The van der Waals surface area contributed by atoms with Gasteiger partial charge in [-0.15, -0.1) is 0 Å². The van der Waals surface area contributed by atoms with Crippen molar-refractivity contribution in [3.05, 3.63) is 36.0 Å². The number of aromatic nitrogens is 2. The normalized spacial score (nSPS) is 10.4. The van der Waals surface area contributed by atoms with Crippen LogP contribution in [0.2, 0.25) is 0 Å². The van der Waals surface area contributed by atoms with Gasteiger partial charge in [0.1, 0.15) is 5.75 Å². The Morgan fingerprint density at radius 2 is 2.19 bits per heavy atom. The van der Waals surface area contributed by atoms with Crippen LogP contribution in [0, 0.1) is 0 Å². The third-order valence-electron chi connectivity index (χ3n) is 2.55. The average molecular weight is 217 g/mol. The van der Waals surface area contributed by atoms with Crippen LogP contribution in [0.25, 0.3) is 11.3 Å². The van der Waals surface area contributed by atoms with Gasteiger partial charge in [0.25, 0.3) is 0 Å². The van der Waals surface area contributed by atoms with Crippen molar-refractivity contribution >= 4 is 0 Å². The summed E-state index contributed by atoms with van der Waals surface area (Å²) in [6, 6.07) is 7.95. The zero-order valence-electron chi connectivity index (χ0n) is 9.47. The molecule has 0 bridgehead atoms. The number of nitrogens with zero attached hydrogens (tertiary/aromatic N) is 2. The summed E-state index contributed by atoms with van der Waals surface area (Å²) in [7, 11) is 3.57. The van der Waals surface area contributed by atoms with Gasteiger partial charge in [-0.05, 0) is 29.8 Å². The third kappa shape index (κ3) is 1.92. The highest BCUT2D eigenvalue weighted by molar-refractivity contribution is 5.62. The van der Waals surface area contributed by atoms with E-state index >= 15 is 0 Å². The van der Waals surface area contributed by atoms with E-state index in [0.717, 1.165) is 22.6 Å². The molecule has 0 saturated heterocycles. The Morgan fingerprint density at radius 1 is 1.38 bits per heavy atom. The molecule has 0 amide bonds. The van der Waals surface area contributed by atoms with Crippen molar-refractivity contribution in [2.24, 2.45) is 12.8 Å². The number of aryl methyl sites for hydroxylation is 1. The molecule has 0 unspecified atom stereocenters. The second kappa shape index (κ2) is 4.37. The standard InChI is InChI=1S/C12H15N3O/c1-15-12(3-4-14-15)10-5-9(8-13)6-11(7-10)16-2/h3-7H,8,13H2,1-2H3. The van der Waals surface area contributed by atoms with Crippen molar-refractivity contribution < 1.29 is 4.74 Å². The average Bonchev–Trinajstić information content (AvgIpc) is 2.74. The number of benzene rings is 1. The summed E-state index contributed by atoms with van der Waals surface area (Å²) in [4.78, 5) is 0. The van der Waals surface area contributed by atoms with E-state index in [0.29, 0.717) is 6.54 Å². The van der Waals surface area contributed by atoms with Crippen molar-refractivity contribution in [2.45, 2.75) is 6.54 Å². The number of nitrogens with two attached hydrogens (primary N) is 1. The third-order valence-corrected chi connectivity index (χ3v) is 2.55. The van der Waals surface area contributed by atoms with E-state index in [1.165, 1.54) is 0 Å². The minimum atomic E-state index is 0.502. The second-order valence-corrected chi connectivity index (χ2v) is 3.61. The van der Waals surface area contributed by atoms with E-state index in [4.69, 9.17) is 10.5 Å². The summed E-state index contributed by atoms with van der Waals surface area (Å²) in [6.45, 7) is 0.502. The van der Waals surface area contributed by atoms with Gasteiger partial charge in [-0.1, -0.05) is 0 Å². The SMILES string of the molecule is COc1cc(CN)cc(-c2ccnn2C)c1. The highest BCUT2D eigenvalue weighted by Gasteiger charge is 2.06. The number of ether oxygens (including phenoxy) is 1. The van der Waals surface area contributed by atoms with E-state index < -0.39 is 0 Å². The van der Waals surface area contributed by atoms with Gasteiger partial charge >= 0.3 is 0 Å². The fourth-order valence-electron chi connectivity index (χ4n) is 1.70. The monoisotopic (exact) mass is 217 g/mol. The van der Waals surface area contributed by atoms with Crippen LogP contribution < -0.4 is 10.5 Å². The Morgan fingerprint density at radius 3 is 2.75 bits per heavy atom. The lowest BCUT2D eigenvalue weighted by molar-refractivity contribution is 0.414. The predicted octanol–water partition coefficient (Wildman–Crippen LogP) is 1.55. The van der Waals surface area contributed by atoms with Crippen LogP contribution in [0.4, 0.5) is 0 Å². The Balaban J connectivity index is 2.52. The fourth-order valence-corrected chi connectivity index (χ4v) is 1.70. The molecule has 4 heteroatoms. The van der Waals surface area contributed by atoms with Gasteiger partial charge in [-0.3, -0.25) is 4.68 Å². The smallest absolute Gasteiger partial charge is 0.119 e. The molecule has 4 nitrogen and oxygen atoms in total. The molecule has 2 aromatic rings. The molecule has 0 aliphatic rings. The molecule has 0 fully saturated rings. The van der Waals surface area contributed by atoms with Gasteiger partial charge in [-0.25, -0.2) is 0 Å². The molecule has 0 saturated carbocycles. The topological polar surface area (TPSA) is 53.1 Å². The van der Waals surface area contributed by atoms with Crippen LogP contribution in [0.5, 0.6) is 5.75 Å². The zero-order chi connectivity index (χ0) is 11.5. The Hall–Kier alpha value is -1.81. The first-order valence-electron chi connectivity index (χ1n) is 5.11. The van der Waals surface area contributed by atoms with Gasteiger partial charge in [0.2, 0.25) is 0 Å². The van der Waals surface area contributed by atoms with Crippen LogP contribution in [0.1, 0.15) is 5.56 Å². The van der Waals surface area contributed by atoms with Crippen LogP contribution in [-0.2, 0) is 13.6 Å². The molecule has 16 heavy (non-hydrogen) atoms. The van der Waals surface area contributed by atoms with Gasteiger partial charge < -0.3 is 10.5 Å². The fraction of sp³-hybridized carbons (Fsp3) is 0.250. The summed E-state index contributed by atoms with van der Waals surface area (Å²) in [5, 5.41) is 4.15. The predicted molar refractivity (Wildman–Crippen MR) is 63.1 cm³/mol. The molecule has 0 atom stereocenters. The zero-order valence-corrected chi connectivity index (χ0v) is 9.47. The molecule has 0 aliphatic heterocycles. The minimum Gasteiger partial charge on any atom is -0.497 e. The van der Waals surface area contributed by atoms with Crippen molar-refractivity contribution in [1.82, 2.24) is 9.78 Å². The summed E-state index contributed by atoms with van der Waals surface area (Å²) in [6.07, 6.45) is 1.77. The molecule has 0 aliphatic carbocycles. The summed E-state index contributed by atoms with van der Waals surface area (Å²) in [5.41, 5.74) is 8.83. The first kappa shape index (κ1) is 10.7. The number of methoxy groups -OCH3 is 1.